The zero-order chi connectivity index (χ0) is 12.3. The van der Waals surface area contributed by atoms with E-state index >= 15 is 0 Å². The lowest BCUT2D eigenvalue weighted by atomic mass is 10.3. The Bertz CT molecular complexity index is 444. The monoisotopic (exact) mass is 251 g/mol. The van der Waals surface area contributed by atoms with Crippen LogP contribution in [-0.2, 0) is 9.53 Å². The number of aliphatic carboxylic acids is 1. The maximum absolute atomic E-state index is 10.9. The second-order valence-electron chi connectivity index (χ2n) is 3.62. The van der Waals surface area contributed by atoms with Crippen molar-refractivity contribution in [2.45, 2.75) is 13.2 Å². The molecule has 1 unspecified atom stereocenters. The van der Waals surface area contributed by atoms with Crippen LogP contribution in [0.15, 0.2) is 41.0 Å². The summed E-state index contributed by atoms with van der Waals surface area (Å²) in [6, 6.07) is 9.70. The number of para-hydroxylation sites is 1. The molecule has 0 spiro atoms. The van der Waals surface area contributed by atoms with Crippen LogP contribution in [-0.4, -0.2) is 23.1 Å². The molecule has 1 aliphatic heterocycles. The van der Waals surface area contributed by atoms with Crippen LogP contribution in [0.25, 0.3) is 0 Å². The Labute approximate surface area is 104 Å². The van der Waals surface area contributed by atoms with Crippen molar-refractivity contribution in [2.75, 3.05) is 11.1 Å². The highest BCUT2D eigenvalue weighted by molar-refractivity contribution is 8.04. The molecule has 5 heteroatoms. The van der Waals surface area contributed by atoms with Gasteiger partial charge in [-0.1, -0.05) is 18.2 Å². The second-order valence-corrected chi connectivity index (χ2v) is 4.65. The number of allylic oxidation sites excluding steroid dienone is 1. The maximum Gasteiger partial charge on any atom is 0.345 e. The molecule has 0 bridgehead atoms. The van der Waals surface area contributed by atoms with Crippen LogP contribution < -0.4 is 5.32 Å². The molecule has 0 amide bonds. The van der Waals surface area contributed by atoms with E-state index < -0.39 is 5.97 Å². The van der Waals surface area contributed by atoms with Crippen LogP contribution >= 0.6 is 11.8 Å². The third kappa shape index (κ3) is 2.94. The number of rotatable bonds is 3. The van der Waals surface area contributed by atoms with Crippen molar-refractivity contribution >= 4 is 23.4 Å². The van der Waals surface area contributed by atoms with E-state index in [2.05, 4.69) is 5.32 Å². The van der Waals surface area contributed by atoms with Gasteiger partial charge in [-0.15, -0.1) is 11.8 Å². The first-order chi connectivity index (χ1) is 8.16. The summed E-state index contributed by atoms with van der Waals surface area (Å²) in [4.78, 5) is 11.1. The van der Waals surface area contributed by atoms with Gasteiger partial charge in [-0.25, -0.2) is 4.79 Å². The molecular weight excluding hydrogens is 238 g/mol. The number of ether oxygens (including phenoxy) is 1. The molecule has 1 heterocycles. The number of carbonyl (C=O) groups is 1. The largest absolute Gasteiger partial charge is 0.477 e. The number of nitrogens with one attached hydrogen (secondary N) is 1. The zero-order valence-corrected chi connectivity index (χ0v) is 10.2. The van der Waals surface area contributed by atoms with Gasteiger partial charge in [0, 0.05) is 5.69 Å². The number of thioether (sulfide) groups is 1. The van der Waals surface area contributed by atoms with Crippen molar-refractivity contribution in [1.29, 1.82) is 0 Å². The van der Waals surface area contributed by atoms with Gasteiger partial charge in [0.2, 0.25) is 0 Å². The Morgan fingerprint density at radius 3 is 2.76 bits per heavy atom. The second kappa shape index (κ2) is 5.14. The number of hydrogen-bond acceptors (Lipinski definition) is 4. The minimum atomic E-state index is -0.925. The molecule has 0 fully saturated rings. The van der Waals surface area contributed by atoms with E-state index in [-0.39, 0.29) is 11.1 Å². The summed E-state index contributed by atoms with van der Waals surface area (Å²) in [5, 5.41) is 12.1. The number of anilines is 1. The molecule has 0 saturated carbocycles. The van der Waals surface area contributed by atoms with Gasteiger partial charge in [0.25, 0.3) is 0 Å². The minimum Gasteiger partial charge on any atom is -0.477 e. The lowest BCUT2D eigenvalue weighted by Crippen LogP contribution is -2.29. The molecular formula is C12H13NO3S. The van der Waals surface area contributed by atoms with Crippen LogP contribution in [0.2, 0.25) is 0 Å². The normalized spacial score (nSPS) is 19.7. The van der Waals surface area contributed by atoms with Crippen LogP contribution in [0.4, 0.5) is 5.69 Å². The Hall–Kier alpha value is -1.62. The predicted molar refractivity (Wildman–Crippen MR) is 67.7 cm³/mol. The zero-order valence-electron chi connectivity index (χ0n) is 9.34. The summed E-state index contributed by atoms with van der Waals surface area (Å²) in [6.45, 7) is 1.68. The van der Waals surface area contributed by atoms with E-state index in [1.807, 2.05) is 30.3 Å². The van der Waals surface area contributed by atoms with E-state index in [9.17, 15) is 4.79 Å². The van der Waals surface area contributed by atoms with Crippen molar-refractivity contribution in [2.24, 2.45) is 0 Å². The number of carboxylic acid groups (broad SMARTS) is 1. The molecule has 1 aromatic carbocycles. The smallest absolute Gasteiger partial charge is 0.345 e. The SMILES string of the molecule is CC1=C(C(=O)O)SCC(Nc2ccccc2)O1. The third-order valence-corrected chi connectivity index (χ3v) is 3.53. The quantitative estimate of drug-likeness (QED) is 0.864. The molecule has 17 heavy (non-hydrogen) atoms. The first-order valence-electron chi connectivity index (χ1n) is 5.22. The van der Waals surface area contributed by atoms with E-state index in [4.69, 9.17) is 9.84 Å². The molecule has 1 atom stereocenters. The summed E-state index contributed by atoms with van der Waals surface area (Å²) >= 11 is 1.30. The molecule has 1 aliphatic rings. The summed E-state index contributed by atoms with van der Waals surface area (Å²) < 4.78 is 5.53. The van der Waals surface area contributed by atoms with E-state index in [1.165, 1.54) is 11.8 Å². The molecule has 0 aliphatic carbocycles. The molecule has 0 aromatic heterocycles. The standard InChI is InChI=1S/C12H13NO3S/c1-8-11(12(14)15)17-7-10(16-8)13-9-5-3-2-4-6-9/h2-6,10,13H,7H2,1H3,(H,14,15). The fourth-order valence-electron chi connectivity index (χ4n) is 1.57. The maximum atomic E-state index is 10.9. The molecule has 2 N–H and O–H groups in total. The van der Waals surface area contributed by atoms with Crippen molar-refractivity contribution in [3.63, 3.8) is 0 Å². The average Bonchev–Trinajstić information content (AvgIpc) is 2.30. The lowest BCUT2D eigenvalue weighted by molar-refractivity contribution is -0.132. The van der Waals surface area contributed by atoms with Crippen LogP contribution in [0.3, 0.4) is 0 Å². The molecule has 1 aromatic rings. The fourth-order valence-corrected chi connectivity index (χ4v) is 2.41. The predicted octanol–water partition coefficient (Wildman–Crippen LogP) is 2.50. The van der Waals surface area contributed by atoms with Crippen molar-refractivity contribution < 1.29 is 14.6 Å². The van der Waals surface area contributed by atoms with Gasteiger partial charge >= 0.3 is 5.97 Å². The van der Waals surface area contributed by atoms with E-state index in [0.29, 0.717) is 11.5 Å². The van der Waals surface area contributed by atoms with Gasteiger partial charge in [-0.3, -0.25) is 0 Å². The summed E-state index contributed by atoms with van der Waals surface area (Å²) in [5.74, 6) is 0.112. The number of hydrogen-bond donors (Lipinski definition) is 2. The van der Waals surface area contributed by atoms with Gasteiger partial charge < -0.3 is 15.2 Å². The van der Waals surface area contributed by atoms with Gasteiger partial charge in [0.1, 0.15) is 10.7 Å². The minimum absolute atomic E-state index is 0.189. The number of benzene rings is 1. The Kier molecular flexibility index (Phi) is 3.58. The van der Waals surface area contributed by atoms with Crippen molar-refractivity contribution in [3.8, 4) is 0 Å². The first-order valence-corrected chi connectivity index (χ1v) is 6.20. The van der Waals surface area contributed by atoms with Crippen molar-refractivity contribution in [1.82, 2.24) is 0 Å². The molecule has 0 radical (unpaired) electrons. The third-order valence-electron chi connectivity index (χ3n) is 2.31. The molecule has 90 valence electrons. The summed E-state index contributed by atoms with van der Waals surface area (Å²) in [5.41, 5.74) is 0.963. The molecule has 0 saturated heterocycles. The average molecular weight is 251 g/mol. The Balaban J connectivity index is 2.02. The van der Waals surface area contributed by atoms with Crippen LogP contribution in [0.5, 0.6) is 0 Å². The fraction of sp³-hybridized carbons (Fsp3) is 0.250. The summed E-state index contributed by atoms with van der Waals surface area (Å²) in [6.07, 6.45) is -0.189. The molecule has 2 rings (SSSR count). The lowest BCUT2D eigenvalue weighted by Gasteiger charge is -2.26. The van der Waals surface area contributed by atoms with E-state index in [1.54, 1.807) is 6.92 Å². The van der Waals surface area contributed by atoms with Crippen LogP contribution in [0, 0.1) is 0 Å². The van der Waals surface area contributed by atoms with Gasteiger partial charge in [0.05, 0.1) is 5.75 Å². The van der Waals surface area contributed by atoms with Crippen molar-refractivity contribution in [3.05, 3.63) is 41.0 Å². The number of carboxylic acids is 1. The highest BCUT2D eigenvalue weighted by Gasteiger charge is 2.24. The topological polar surface area (TPSA) is 58.6 Å². The van der Waals surface area contributed by atoms with Crippen LogP contribution in [0.1, 0.15) is 6.92 Å². The highest BCUT2D eigenvalue weighted by Crippen LogP contribution is 2.29. The van der Waals surface area contributed by atoms with Gasteiger partial charge in [-0.05, 0) is 19.1 Å². The summed E-state index contributed by atoms with van der Waals surface area (Å²) in [7, 11) is 0. The van der Waals surface area contributed by atoms with E-state index in [0.717, 1.165) is 5.69 Å². The highest BCUT2D eigenvalue weighted by atomic mass is 32.2. The first kappa shape index (κ1) is 11.9. The van der Waals surface area contributed by atoms with Gasteiger partial charge in [-0.2, -0.15) is 0 Å². The Morgan fingerprint density at radius 2 is 2.18 bits per heavy atom. The van der Waals surface area contributed by atoms with Gasteiger partial charge in [0.15, 0.2) is 6.23 Å². The molecule has 4 nitrogen and oxygen atoms in total. The Morgan fingerprint density at radius 1 is 1.47 bits per heavy atom.